The molecule has 0 saturated carbocycles. The summed E-state index contributed by atoms with van der Waals surface area (Å²) in [4.78, 5) is 15.0. The summed E-state index contributed by atoms with van der Waals surface area (Å²) >= 11 is 0. The standard InChI is InChI=1S/C22H28N2O2/c1-24-14-12-18(19(13-15-24)17-8-4-3-5-9-17)16-23-22(25)20-10-6-7-11-21(20)26-2/h3-11,18-19H,12-16H2,1-2H3,(H,23,25). The Labute approximate surface area is 156 Å². The molecule has 0 radical (unpaired) electrons. The zero-order valence-corrected chi connectivity index (χ0v) is 15.7. The summed E-state index contributed by atoms with van der Waals surface area (Å²) in [5.74, 6) is 1.46. The third-order valence-corrected chi connectivity index (χ3v) is 5.38. The maximum absolute atomic E-state index is 12.7. The summed E-state index contributed by atoms with van der Waals surface area (Å²) in [6.45, 7) is 2.85. The van der Waals surface area contributed by atoms with Crippen molar-refractivity contribution >= 4 is 5.91 Å². The number of rotatable bonds is 5. The Morgan fingerprint density at radius 1 is 1.08 bits per heavy atom. The maximum Gasteiger partial charge on any atom is 0.255 e. The van der Waals surface area contributed by atoms with E-state index in [4.69, 9.17) is 4.74 Å². The number of nitrogens with one attached hydrogen (secondary N) is 1. The van der Waals surface area contributed by atoms with Gasteiger partial charge in [-0.1, -0.05) is 42.5 Å². The van der Waals surface area contributed by atoms with E-state index in [0.717, 1.165) is 25.9 Å². The summed E-state index contributed by atoms with van der Waals surface area (Å²) in [7, 11) is 3.77. The van der Waals surface area contributed by atoms with Gasteiger partial charge >= 0.3 is 0 Å². The summed E-state index contributed by atoms with van der Waals surface area (Å²) in [6.07, 6.45) is 2.21. The molecular weight excluding hydrogens is 324 g/mol. The van der Waals surface area contributed by atoms with Crippen LogP contribution >= 0.6 is 0 Å². The van der Waals surface area contributed by atoms with Crippen LogP contribution in [-0.2, 0) is 0 Å². The number of methoxy groups -OCH3 is 1. The van der Waals surface area contributed by atoms with E-state index in [-0.39, 0.29) is 5.91 Å². The molecule has 2 unspecified atom stereocenters. The highest BCUT2D eigenvalue weighted by atomic mass is 16.5. The fourth-order valence-electron chi connectivity index (χ4n) is 3.83. The lowest BCUT2D eigenvalue weighted by molar-refractivity contribution is 0.0941. The van der Waals surface area contributed by atoms with Crippen molar-refractivity contribution in [3.8, 4) is 5.75 Å². The van der Waals surface area contributed by atoms with Crippen LogP contribution < -0.4 is 10.1 Å². The van der Waals surface area contributed by atoms with Gasteiger partial charge in [-0.2, -0.15) is 0 Å². The van der Waals surface area contributed by atoms with E-state index < -0.39 is 0 Å². The van der Waals surface area contributed by atoms with Gasteiger partial charge in [0.05, 0.1) is 12.7 Å². The normalized spacial score (nSPS) is 21.0. The van der Waals surface area contributed by atoms with E-state index >= 15 is 0 Å². The minimum Gasteiger partial charge on any atom is -0.496 e. The van der Waals surface area contributed by atoms with E-state index in [0.29, 0.717) is 29.7 Å². The molecule has 4 nitrogen and oxygen atoms in total. The lowest BCUT2D eigenvalue weighted by Crippen LogP contribution is -2.32. The lowest BCUT2D eigenvalue weighted by atomic mass is 9.82. The maximum atomic E-state index is 12.7. The first-order chi connectivity index (χ1) is 12.7. The van der Waals surface area contributed by atoms with E-state index in [2.05, 4.69) is 47.6 Å². The first kappa shape index (κ1) is 18.5. The summed E-state index contributed by atoms with van der Waals surface area (Å²) in [6, 6.07) is 18.1. The molecule has 1 aliphatic heterocycles. The molecule has 1 amide bonds. The summed E-state index contributed by atoms with van der Waals surface area (Å²) in [5, 5.41) is 3.15. The highest BCUT2D eigenvalue weighted by Gasteiger charge is 2.27. The average Bonchev–Trinajstić information content (AvgIpc) is 2.88. The molecule has 1 saturated heterocycles. The predicted octanol–water partition coefficient (Wildman–Crippen LogP) is 3.55. The molecule has 4 heteroatoms. The smallest absolute Gasteiger partial charge is 0.255 e. The van der Waals surface area contributed by atoms with Crippen molar-refractivity contribution in [2.45, 2.75) is 18.8 Å². The molecule has 0 aliphatic carbocycles. The van der Waals surface area contributed by atoms with Gasteiger partial charge in [0.1, 0.15) is 5.75 Å². The average molecular weight is 352 g/mol. The first-order valence-electron chi connectivity index (χ1n) is 9.33. The molecule has 0 bridgehead atoms. The van der Waals surface area contributed by atoms with Crippen molar-refractivity contribution in [1.82, 2.24) is 10.2 Å². The van der Waals surface area contributed by atoms with Gasteiger partial charge in [0.2, 0.25) is 0 Å². The number of amides is 1. The number of benzene rings is 2. The van der Waals surface area contributed by atoms with Crippen molar-refractivity contribution in [1.29, 1.82) is 0 Å². The van der Waals surface area contributed by atoms with E-state index in [1.165, 1.54) is 5.56 Å². The van der Waals surface area contributed by atoms with Crippen LogP contribution in [0.25, 0.3) is 0 Å². The highest BCUT2D eigenvalue weighted by Crippen LogP contribution is 2.32. The van der Waals surface area contributed by atoms with Crippen LogP contribution in [0.15, 0.2) is 54.6 Å². The van der Waals surface area contributed by atoms with E-state index in [1.54, 1.807) is 7.11 Å². The van der Waals surface area contributed by atoms with Crippen LogP contribution in [0.2, 0.25) is 0 Å². The monoisotopic (exact) mass is 352 g/mol. The van der Waals surface area contributed by atoms with Crippen molar-refractivity contribution in [3.05, 3.63) is 65.7 Å². The molecule has 0 aromatic heterocycles. The number of carbonyl (C=O) groups is 1. The fraction of sp³-hybridized carbons (Fsp3) is 0.409. The summed E-state index contributed by atoms with van der Waals surface area (Å²) in [5.41, 5.74) is 1.97. The Bertz CT molecular complexity index is 717. The Morgan fingerprint density at radius 2 is 1.77 bits per heavy atom. The van der Waals surface area contributed by atoms with Gasteiger partial charge in [-0.15, -0.1) is 0 Å². The largest absolute Gasteiger partial charge is 0.496 e. The van der Waals surface area contributed by atoms with Gasteiger partial charge in [-0.05, 0) is 62.5 Å². The second kappa shape index (κ2) is 8.86. The molecule has 0 spiro atoms. The molecular formula is C22H28N2O2. The quantitative estimate of drug-likeness (QED) is 0.895. The van der Waals surface area contributed by atoms with Crippen molar-refractivity contribution < 1.29 is 9.53 Å². The molecule has 138 valence electrons. The first-order valence-corrected chi connectivity index (χ1v) is 9.33. The second-order valence-electron chi connectivity index (χ2n) is 7.07. The number of ether oxygens (including phenoxy) is 1. The second-order valence-corrected chi connectivity index (χ2v) is 7.07. The molecule has 2 aromatic carbocycles. The fourth-order valence-corrected chi connectivity index (χ4v) is 3.83. The number of nitrogens with zero attached hydrogens (tertiary/aromatic N) is 1. The number of hydrogen-bond acceptors (Lipinski definition) is 3. The molecule has 1 N–H and O–H groups in total. The van der Waals surface area contributed by atoms with Crippen LogP contribution in [0.3, 0.4) is 0 Å². The van der Waals surface area contributed by atoms with Crippen LogP contribution in [0, 0.1) is 5.92 Å². The predicted molar refractivity (Wildman–Crippen MR) is 105 cm³/mol. The Balaban J connectivity index is 1.72. The van der Waals surface area contributed by atoms with E-state index in [1.807, 2.05) is 24.3 Å². The Morgan fingerprint density at radius 3 is 2.54 bits per heavy atom. The van der Waals surface area contributed by atoms with Crippen LogP contribution in [0.5, 0.6) is 5.75 Å². The number of para-hydroxylation sites is 1. The van der Waals surface area contributed by atoms with Gasteiger partial charge in [-0.3, -0.25) is 4.79 Å². The molecule has 3 rings (SSSR count). The molecule has 1 fully saturated rings. The van der Waals surface area contributed by atoms with Gasteiger partial charge in [0.25, 0.3) is 5.91 Å². The molecule has 2 atom stereocenters. The van der Waals surface area contributed by atoms with Gasteiger partial charge in [0.15, 0.2) is 0 Å². The van der Waals surface area contributed by atoms with Crippen LogP contribution in [0.4, 0.5) is 0 Å². The number of likely N-dealkylation sites (tertiary alicyclic amines) is 1. The molecule has 1 heterocycles. The van der Waals surface area contributed by atoms with Crippen molar-refractivity contribution in [2.75, 3.05) is 33.8 Å². The molecule has 26 heavy (non-hydrogen) atoms. The third kappa shape index (κ3) is 4.44. The third-order valence-electron chi connectivity index (χ3n) is 5.38. The number of hydrogen-bond donors (Lipinski definition) is 1. The van der Waals surface area contributed by atoms with Crippen molar-refractivity contribution in [2.24, 2.45) is 5.92 Å². The van der Waals surface area contributed by atoms with Crippen LogP contribution in [0.1, 0.15) is 34.7 Å². The van der Waals surface area contributed by atoms with Gasteiger partial charge in [-0.25, -0.2) is 0 Å². The summed E-state index contributed by atoms with van der Waals surface area (Å²) < 4.78 is 5.32. The zero-order chi connectivity index (χ0) is 18.4. The van der Waals surface area contributed by atoms with Gasteiger partial charge in [0, 0.05) is 6.54 Å². The van der Waals surface area contributed by atoms with Gasteiger partial charge < -0.3 is 15.0 Å². The minimum absolute atomic E-state index is 0.0631. The Kier molecular flexibility index (Phi) is 6.29. The Hall–Kier alpha value is -2.33. The minimum atomic E-state index is -0.0631. The zero-order valence-electron chi connectivity index (χ0n) is 15.7. The SMILES string of the molecule is COc1ccccc1C(=O)NCC1CCN(C)CCC1c1ccccc1. The van der Waals surface area contributed by atoms with E-state index in [9.17, 15) is 4.79 Å². The number of carbonyl (C=O) groups excluding carboxylic acids is 1. The highest BCUT2D eigenvalue weighted by molar-refractivity contribution is 5.96. The lowest BCUT2D eigenvalue weighted by Gasteiger charge is -2.25. The molecule has 2 aromatic rings. The molecule has 1 aliphatic rings. The van der Waals surface area contributed by atoms with Crippen molar-refractivity contribution in [3.63, 3.8) is 0 Å². The topological polar surface area (TPSA) is 41.6 Å². The van der Waals surface area contributed by atoms with Crippen LogP contribution in [-0.4, -0.2) is 44.6 Å².